The van der Waals surface area contributed by atoms with Gasteiger partial charge in [-0.05, 0) is 38.9 Å². The summed E-state index contributed by atoms with van der Waals surface area (Å²) in [6.45, 7) is 9.20. The molecule has 1 atom stereocenters. The first-order chi connectivity index (χ1) is 16.0. The fourth-order valence-corrected chi connectivity index (χ4v) is 2.41. The molecule has 0 aromatic heterocycles. The first kappa shape index (κ1) is 39.5. The van der Waals surface area contributed by atoms with Crippen LogP contribution in [-0.4, -0.2) is 53.4 Å². The Morgan fingerprint density at radius 2 is 0.971 bits per heavy atom. The van der Waals surface area contributed by atoms with Gasteiger partial charge in [-0.15, -0.1) is 0 Å². The van der Waals surface area contributed by atoms with Gasteiger partial charge in [0, 0.05) is 12.4 Å². The van der Waals surface area contributed by atoms with Crippen molar-refractivity contribution in [2.24, 2.45) is 17.2 Å². The largest absolute Gasteiger partial charge is 0.550 e. The van der Waals surface area contributed by atoms with Crippen molar-refractivity contribution in [1.29, 1.82) is 0 Å². The fraction of sp³-hybridized carbons (Fsp3) is 0.875. The number of hydrogen-bond acceptors (Lipinski definition) is 9. The lowest BCUT2D eigenvalue weighted by Gasteiger charge is -2.27. The normalized spacial score (nSPS) is 11.4. The summed E-state index contributed by atoms with van der Waals surface area (Å²) in [7, 11) is 0. The highest BCUT2D eigenvalue weighted by atomic mass is 16.4. The van der Waals surface area contributed by atoms with Gasteiger partial charge in [0.25, 0.3) is 0 Å². The molecule has 34 heavy (non-hydrogen) atoms. The summed E-state index contributed by atoms with van der Waals surface area (Å²) in [5.41, 5.74) is 12.9. The summed E-state index contributed by atoms with van der Waals surface area (Å²) in [6.07, 6.45) is 12.9. The molecule has 0 aliphatic heterocycles. The fourth-order valence-electron chi connectivity index (χ4n) is 2.41. The van der Waals surface area contributed by atoms with Crippen molar-refractivity contribution in [3.63, 3.8) is 0 Å². The summed E-state index contributed by atoms with van der Waals surface area (Å²) in [5.74, 6) is -5.67. The van der Waals surface area contributed by atoms with Crippen LogP contribution >= 0.6 is 0 Å². The second-order valence-electron chi connectivity index (χ2n) is 7.99. The minimum atomic E-state index is -2.91. The summed E-state index contributed by atoms with van der Waals surface area (Å²) >= 11 is 0. The Hall–Kier alpha value is -1.75. The number of nitrogens with two attached hydrogens (primary N) is 3. The average Bonchev–Trinajstić information content (AvgIpc) is 2.75. The molecule has 0 bridgehead atoms. The number of hydrogen-bond donors (Lipinski definition) is 5. The molecule has 0 saturated carbocycles. The minimum absolute atomic E-state index is 0.861. The highest BCUT2D eigenvalue weighted by Gasteiger charge is 2.31. The van der Waals surface area contributed by atoms with Gasteiger partial charge in [-0.3, -0.25) is 4.79 Å². The van der Waals surface area contributed by atoms with Crippen LogP contribution in [0.2, 0.25) is 0 Å². The third kappa shape index (κ3) is 37.6. The van der Waals surface area contributed by atoms with Crippen molar-refractivity contribution >= 4 is 17.9 Å². The van der Waals surface area contributed by atoms with E-state index in [1.165, 1.54) is 77.0 Å². The van der Waals surface area contributed by atoms with Gasteiger partial charge in [0.05, 0.1) is 12.4 Å². The Kier molecular flexibility index (Phi) is 36.3. The van der Waals surface area contributed by atoms with Crippen molar-refractivity contribution in [3.05, 3.63) is 0 Å². The van der Waals surface area contributed by atoms with Crippen LogP contribution in [0.25, 0.3) is 0 Å². The number of carboxylic acids is 3. The summed E-state index contributed by atoms with van der Waals surface area (Å²) in [5, 5.41) is 37.2. The molecular weight excluding hydrogens is 442 g/mol. The van der Waals surface area contributed by atoms with E-state index in [4.69, 9.17) is 27.4 Å². The van der Waals surface area contributed by atoms with Gasteiger partial charge in [-0.25, -0.2) is 0 Å². The Bertz CT molecular complexity index is 412. The molecular formula is C24H51N3O7-2. The van der Waals surface area contributed by atoms with E-state index in [9.17, 15) is 24.6 Å². The van der Waals surface area contributed by atoms with Crippen LogP contribution in [-0.2, 0) is 14.4 Å². The van der Waals surface area contributed by atoms with E-state index in [1.807, 2.05) is 0 Å². The Balaban J connectivity index is -0.000000186. The molecule has 8 N–H and O–H groups in total. The SMILES string of the molecule is CCCCCCN.CCCCCCN.CCCCCCN.O=C([O-])CC(O)(CC(=O)O)C(=O)[O-]. The van der Waals surface area contributed by atoms with E-state index in [0.29, 0.717) is 0 Å². The number of rotatable bonds is 17. The van der Waals surface area contributed by atoms with Crippen LogP contribution in [0.4, 0.5) is 0 Å². The second kappa shape index (κ2) is 31.2. The monoisotopic (exact) mass is 493 g/mol. The molecule has 0 aliphatic rings. The van der Waals surface area contributed by atoms with Gasteiger partial charge in [0.15, 0.2) is 0 Å². The van der Waals surface area contributed by atoms with E-state index in [1.54, 1.807) is 0 Å². The molecule has 0 heterocycles. The lowest BCUT2D eigenvalue weighted by atomic mass is 9.96. The molecule has 1 unspecified atom stereocenters. The molecule has 0 saturated heterocycles. The molecule has 0 fully saturated rings. The third-order valence-electron chi connectivity index (χ3n) is 4.43. The third-order valence-corrected chi connectivity index (χ3v) is 4.43. The van der Waals surface area contributed by atoms with Gasteiger partial charge in [0.1, 0.15) is 5.60 Å². The number of carboxylic acid groups (broad SMARTS) is 3. The molecule has 0 spiro atoms. The standard InChI is InChI=1S/3C6H15N.C6H8O7/c3*1-2-3-4-5-6-7;7-3(8)1-6(13,5(11)12)2-4(9)10/h3*2-7H2,1H3;13H,1-2H2,(H,7,8)(H,9,10)(H,11,12)/p-2. The average molecular weight is 494 g/mol. The zero-order chi connectivity index (χ0) is 27.3. The van der Waals surface area contributed by atoms with Crippen LogP contribution in [0.1, 0.15) is 111 Å². The van der Waals surface area contributed by atoms with Gasteiger partial charge in [-0.1, -0.05) is 78.6 Å². The van der Waals surface area contributed by atoms with E-state index in [0.717, 1.165) is 19.6 Å². The summed E-state index contributed by atoms with van der Waals surface area (Å²) in [6, 6.07) is 0. The van der Waals surface area contributed by atoms with Crippen molar-refractivity contribution < 1.29 is 34.8 Å². The maximum atomic E-state index is 10.2. The highest BCUT2D eigenvalue weighted by Crippen LogP contribution is 2.13. The van der Waals surface area contributed by atoms with Gasteiger partial charge in [-0.2, -0.15) is 0 Å². The maximum absolute atomic E-state index is 10.2. The van der Waals surface area contributed by atoms with Gasteiger partial charge < -0.3 is 47.2 Å². The van der Waals surface area contributed by atoms with Crippen LogP contribution < -0.4 is 27.4 Å². The number of carbonyl (C=O) groups is 3. The summed E-state index contributed by atoms with van der Waals surface area (Å²) in [4.78, 5) is 30.2. The van der Waals surface area contributed by atoms with E-state index < -0.39 is 36.4 Å². The Morgan fingerprint density at radius 3 is 1.15 bits per heavy atom. The molecule has 0 aliphatic carbocycles. The number of carbonyl (C=O) groups excluding carboxylic acids is 2. The van der Waals surface area contributed by atoms with Crippen molar-refractivity contribution in [1.82, 2.24) is 0 Å². The number of unbranched alkanes of at least 4 members (excludes halogenated alkanes) is 9. The van der Waals surface area contributed by atoms with Crippen LogP contribution in [0.3, 0.4) is 0 Å². The van der Waals surface area contributed by atoms with Crippen LogP contribution in [0, 0.1) is 0 Å². The molecule has 206 valence electrons. The van der Waals surface area contributed by atoms with Crippen LogP contribution in [0.5, 0.6) is 0 Å². The maximum Gasteiger partial charge on any atom is 0.306 e. The van der Waals surface area contributed by atoms with Gasteiger partial charge in [0.2, 0.25) is 0 Å². The Morgan fingerprint density at radius 1 is 0.647 bits per heavy atom. The van der Waals surface area contributed by atoms with Crippen LogP contribution in [0.15, 0.2) is 0 Å². The zero-order valence-corrected chi connectivity index (χ0v) is 21.7. The predicted octanol–water partition coefficient (Wildman–Crippen LogP) is 0.658. The lowest BCUT2D eigenvalue weighted by molar-refractivity contribution is -0.333. The van der Waals surface area contributed by atoms with Crippen molar-refractivity contribution in [3.8, 4) is 0 Å². The lowest BCUT2D eigenvalue weighted by Crippen LogP contribution is -2.52. The first-order valence-electron chi connectivity index (χ1n) is 12.5. The number of aliphatic carboxylic acids is 3. The molecule has 0 radical (unpaired) electrons. The first-order valence-corrected chi connectivity index (χ1v) is 12.5. The second-order valence-corrected chi connectivity index (χ2v) is 7.99. The molecule has 0 amide bonds. The van der Waals surface area contributed by atoms with Crippen molar-refractivity contribution in [2.75, 3.05) is 19.6 Å². The smallest absolute Gasteiger partial charge is 0.306 e. The number of aliphatic hydroxyl groups is 1. The molecule has 0 aromatic carbocycles. The molecule has 0 rings (SSSR count). The topological polar surface area (TPSA) is 216 Å². The van der Waals surface area contributed by atoms with E-state index in [-0.39, 0.29) is 0 Å². The zero-order valence-electron chi connectivity index (χ0n) is 21.7. The minimum Gasteiger partial charge on any atom is -0.550 e. The summed E-state index contributed by atoms with van der Waals surface area (Å²) < 4.78 is 0. The predicted molar refractivity (Wildman–Crippen MR) is 131 cm³/mol. The molecule has 10 nitrogen and oxygen atoms in total. The van der Waals surface area contributed by atoms with Crippen molar-refractivity contribution in [2.45, 2.75) is 116 Å². The van der Waals surface area contributed by atoms with E-state index >= 15 is 0 Å². The van der Waals surface area contributed by atoms with E-state index in [2.05, 4.69) is 20.8 Å². The van der Waals surface area contributed by atoms with Gasteiger partial charge >= 0.3 is 5.97 Å². The Labute approximate surface area is 206 Å². The molecule has 10 heteroatoms. The quantitative estimate of drug-likeness (QED) is 0.178. The molecule has 0 aromatic rings. The highest BCUT2D eigenvalue weighted by molar-refractivity contribution is 5.86.